The molecule has 2 nitrogen and oxygen atoms in total. The third kappa shape index (κ3) is 3.22. The van der Waals surface area contributed by atoms with Crippen LogP contribution in [-0.4, -0.2) is 11.0 Å². The van der Waals surface area contributed by atoms with Gasteiger partial charge in [0.15, 0.2) is 0 Å². The van der Waals surface area contributed by atoms with E-state index in [1.54, 1.807) is 0 Å². The lowest BCUT2D eigenvalue weighted by Crippen LogP contribution is -2.19. The summed E-state index contributed by atoms with van der Waals surface area (Å²) in [6, 6.07) is 4.80. The first-order valence-electron chi connectivity index (χ1n) is 6.43. The maximum atomic E-state index is 4.37. The Morgan fingerprint density at radius 2 is 2.12 bits per heavy atom. The van der Waals surface area contributed by atoms with Crippen LogP contribution < -0.4 is 5.32 Å². The molecule has 2 heteroatoms. The van der Waals surface area contributed by atoms with Gasteiger partial charge in [0, 0.05) is 12.2 Å². The molecule has 0 aromatic carbocycles. The molecule has 0 spiro atoms. The van der Waals surface area contributed by atoms with E-state index in [1.165, 1.54) is 37.7 Å². The Morgan fingerprint density at radius 1 is 1.25 bits per heavy atom. The lowest BCUT2D eigenvalue weighted by atomic mass is 10.0. The summed E-state index contributed by atoms with van der Waals surface area (Å²) in [5.41, 5.74) is 1.28. The van der Waals surface area contributed by atoms with Crippen LogP contribution in [0.3, 0.4) is 0 Å². The second-order valence-corrected chi connectivity index (χ2v) is 5.17. The molecule has 2 unspecified atom stereocenters. The van der Waals surface area contributed by atoms with E-state index in [1.807, 2.05) is 12.3 Å². The van der Waals surface area contributed by atoms with Crippen molar-refractivity contribution in [2.45, 2.75) is 52.0 Å². The SMILES string of the molecule is Cc1ccnc(NC2CCCC(C)CC2)c1. The third-order valence-electron chi connectivity index (χ3n) is 3.52. The zero-order chi connectivity index (χ0) is 11.4. The number of anilines is 1. The van der Waals surface area contributed by atoms with E-state index in [0.29, 0.717) is 6.04 Å². The van der Waals surface area contributed by atoms with Crippen molar-refractivity contribution in [2.24, 2.45) is 5.92 Å². The van der Waals surface area contributed by atoms with Crippen molar-refractivity contribution in [1.29, 1.82) is 0 Å². The number of hydrogen-bond donors (Lipinski definition) is 1. The Labute approximate surface area is 98.5 Å². The quantitative estimate of drug-likeness (QED) is 0.764. The molecule has 0 radical (unpaired) electrons. The minimum atomic E-state index is 0.624. The van der Waals surface area contributed by atoms with Crippen molar-refractivity contribution >= 4 is 5.82 Å². The van der Waals surface area contributed by atoms with Crippen LogP contribution in [-0.2, 0) is 0 Å². The van der Waals surface area contributed by atoms with Crippen molar-refractivity contribution in [2.75, 3.05) is 5.32 Å². The number of nitrogens with zero attached hydrogens (tertiary/aromatic N) is 1. The van der Waals surface area contributed by atoms with Gasteiger partial charge < -0.3 is 5.32 Å². The van der Waals surface area contributed by atoms with Crippen molar-refractivity contribution in [3.63, 3.8) is 0 Å². The number of rotatable bonds is 2. The summed E-state index contributed by atoms with van der Waals surface area (Å²) in [5.74, 6) is 1.94. The Balaban J connectivity index is 1.93. The molecule has 1 aliphatic rings. The van der Waals surface area contributed by atoms with Crippen LogP contribution in [0.25, 0.3) is 0 Å². The van der Waals surface area contributed by atoms with Gasteiger partial charge in [-0.2, -0.15) is 0 Å². The first kappa shape index (κ1) is 11.4. The van der Waals surface area contributed by atoms with Gasteiger partial charge in [0.2, 0.25) is 0 Å². The molecule has 16 heavy (non-hydrogen) atoms. The Kier molecular flexibility index (Phi) is 3.81. The van der Waals surface area contributed by atoms with Crippen molar-refractivity contribution in [3.05, 3.63) is 23.9 Å². The van der Waals surface area contributed by atoms with E-state index in [9.17, 15) is 0 Å². The molecule has 1 N–H and O–H groups in total. The third-order valence-corrected chi connectivity index (χ3v) is 3.52. The second kappa shape index (κ2) is 5.33. The molecule has 0 aliphatic heterocycles. The lowest BCUT2D eigenvalue weighted by Gasteiger charge is -2.17. The topological polar surface area (TPSA) is 24.9 Å². The highest BCUT2D eigenvalue weighted by Crippen LogP contribution is 2.24. The number of nitrogens with one attached hydrogen (secondary N) is 1. The lowest BCUT2D eigenvalue weighted by molar-refractivity contribution is 0.502. The zero-order valence-electron chi connectivity index (χ0n) is 10.4. The summed E-state index contributed by atoms with van der Waals surface area (Å²) < 4.78 is 0. The molecule has 1 saturated carbocycles. The van der Waals surface area contributed by atoms with Crippen molar-refractivity contribution in [1.82, 2.24) is 4.98 Å². The normalized spacial score (nSPS) is 26.1. The fourth-order valence-electron chi connectivity index (χ4n) is 2.46. The van der Waals surface area contributed by atoms with Crippen LogP contribution in [0.4, 0.5) is 5.82 Å². The van der Waals surface area contributed by atoms with Crippen LogP contribution in [0, 0.1) is 12.8 Å². The van der Waals surface area contributed by atoms with Crippen LogP contribution in [0.1, 0.15) is 44.6 Å². The zero-order valence-corrected chi connectivity index (χ0v) is 10.4. The molecule has 2 rings (SSSR count). The Bertz CT molecular complexity index is 335. The standard InChI is InChI=1S/C14H22N2/c1-11-4-3-5-13(7-6-11)16-14-10-12(2)8-9-15-14/h8-11,13H,3-7H2,1-2H3,(H,15,16). The first-order chi connectivity index (χ1) is 7.74. The molecule has 88 valence electrons. The summed E-state index contributed by atoms with van der Waals surface area (Å²) in [6.45, 7) is 4.48. The Hall–Kier alpha value is -1.05. The highest BCUT2D eigenvalue weighted by atomic mass is 15.0. The van der Waals surface area contributed by atoms with Gasteiger partial charge in [0.1, 0.15) is 5.82 Å². The molecule has 1 fully saturated rings. The largest absolute Gasteiger partial charge is 0.367 e. The summed E-state index contributed by atoms with van der Waals surface area (Å²) in [5, 5.41) is 3.57. The van der Waals surface area contributed by atoms with Gasteiger partial charge in [0.25, 0.3) is 0 Å². The molecule has 1 aliphatic carbocycles. The molecule has 1 aromatic rings. The van der Waals surface area contributed by atoms with E-state index in [-0.39, 0.29) is 0 Å². The van der Waals surface area contributed by atoms with Crippen molar-refractivity contribution < 1.29 is 0 Å². The smallest absolute Gasteiger partial charge is 0.126 e. The summed E-state index contributed by atoms with van der Waals surface area (Å²) in [7, 11) is 0. The molecule has 1 heterocycles. The number of pyridine rings is 1. The maximum Gasteiger partial charge on any atom is 0.126 e. The van der Waals surface area contributed by atoms with E-state index in [2.05, 4.69) is 30.2 Å². The summed E-state index contributed by atoms with van der Waals surface area (Å²) in [4.78, 5) is 4.37. The first-order valence-corrected chi connectivity index (χ1v) is 6.43. The number of hydrogen-bond acceptors (Lipinski definition) is 2. The van der Waals surface area contributed by atoms with Gasteiger partial charge in [0.05, 0.1) is 0 Å². The average molecular weight is 218 g/mol. The Morgan fingerprint density at radius 3 is 2.94 bits per heavy atom. The van der Waals surface area contributed by atoms with Crippen LogP contribution in [0.15, 0.2) is 18.3 Å². The van der Waals surface area contributed by atoms with Gasteiger partial charge >= 0.3 is 0 Å². The van der Waals surface area contributed by atoms with Gasteiger partial charge in [-0.05, 0) is 49.8 Å². The predicted molar refractivity (Wildman–Crippen MR) is 68.6 cm³/mol. The second-order valence-electron chi connectivity index (χ2n) is 5.17. The molecular formula is C14H22N2. The number of aryl methyl sites for hydroxylation is 1. The van der Waals surface area contributed by atoms with Gasteiger partial charge in [-0.3, -0.25) is 0 Å². The molecule has 2 atom stereocenters. The fourth-order valence-corrected chi connectivity index (χ4v) is 2.46. The summed E-state index contributed by atoms with van der Waals surface area (Å²) in [6.07, 6.45) is 8.56. The van der Waals surface area contributed by atoms with E-state index in [4.69, 9.17) is 0 Å². The molecule has 0 bridgehead atoms. The van der Waals surface area contributed by atoms with Crippen LogP contribution >= 0.6 is 0 Å². The fraction of sp³-hybridized carbons (Fsp3) is 0.643. The van der Waals surface area contributed by atoms with E-state index in [0.717, 1.165) is 11.7 Å². The van der Waals surface area contributed by atoms with Gasteiger partial charge in [-0.25, -0.2) is 4.98 Å². The molecule has 1 aromatic heterocycles. The van der Waals surface area contributed by atoms with Crippen LogP contribution in [0.2, 0.25) is 0 Å². The maximum absolute atomic E-state index is 4.37. The molecule has 0 amide bonds. The minimum absolute atomic E-state index is 0.624. The minimum Gasteiger partial charge on any atom is -0.367 e. The highest BCUT2D eigenvalue weighted by Gasteiger charge is 2.16. The highest BCUT2D eigenvalue weighted by molar-refractivity contribution is 5.37. The molecular weight excluding hydrogens is 196 g/mol. The van der Waals surface area contributed by atoms with Crippen molar-refractivity contribution in [3.8, 4) is 0 Å². The molecule has 0 saturated heterocycles. The van der Waals surface area contributed by atoms with Crippen LogP contribution in [0.5, 0.6) is 0 Å². The van der Waals surface area contributed by atoms with Gasteiger partial charge in [-0.15, -0.1) is 0 Å². The van der Waals surface area contributed by atoms with E-state index < -0.39 is 0 Å². The average Bonchev–Trinajstić information content (AvgIpc) is 2.44. The van der Waals surface area contributed by atoms with E-state index >= 15 is 0 Å². The number of aromatic nitrogens is 1. The summed E-state index contributed by atoms with van der Waals surface area (Å²) >= 11 is 0. The monoisotopic (exact) mass is 218 g/mol. The van der Waals surface area contributed by atoms with Gasteiger partial charge in [-0.1, -0.05) is 19.8 Å². The predicted octanol–water partition coefficient (Wildman–Crippen LogP) is 3.77.